The van der Waals surface area contributed by atoms with E-state index in [9.17, 15) is 5.11 Å². The zero-order valence-electron chi connectivity index (χ0n) is 12.5. The molecular formula is C22H14O. The van der Waals surface area contributed by atoms with Crippen LogP contribution in [0.15, 0.2) is 72.8 Å². The van der Waals surface area contributed by atoms with Crippen LogP contribution >= 0.6 is 0 Å². The van der Waals surface area contributed by atoms with Gasteiger partial charge in [-0.25, -0.2) is 0 Å². The van der Waals surface area contributed by atoms with Crippen LogP contribution in [-0.2, 0) is 0 Å². The lowest BCUT2D eigenvalue weighted by atomic mass is 9.94. The van der Waals surface area contributed by atoms with E-state index in [0.29, 0.717) is 5.75 Å². The zero-order chi connectivity index (χ0) is 15.4. The Balaban J connectivity index is 1.84. The first kappa shape index (κ1) is 12.5. The van der Waals surface area contributed by atoms with Crippen LogP contribution in [-0.4, -0.2) is 5.11 Å². The molecule has 4 aromatic rings. The van der Waals surface area contributed by atoms with E-state index in [1.165, 1.54) is 38.4 Å². The summed E-state index contributed by atoms with van der Waals surface area (Å²) in [6.45, 7) is 0. The first-order valence-corrected chi connectivity index (χ1v) is 7.77. The van der Waals surface area contributed by atoms with Crippen LogP contribution in [0.5, 0.6) is 5.75 Å². The molecule has 0 saturated heterocycles. The van der Waals surface area contributed by atoms with E-state index in [4.69, 9.17) is 0 Å². The van der Waals surface area contributed by atoms with Gasteiger partial charge < -0.3 is 5.11 Å². The largest absolute Gasteiger partial charge is 0.508 e. The van der Waals surface area contributed by atoms with Gasteiger partial charge >= 0.3 is 0 Å². The summed E-state index contributed by atoms with van der Waals surface area (Å²) in [4.78, 5) is 0. The first-order valence-electron chi connectivity index (χ1n) is 7.77. The molecule has 0 saturated carbocycles. The molecule has 23 heavy (non-hydrogen) atoms. The number of phenolic OH excluding ortho intramolecular Hbond substituents is 1. The highest BCUT2D eigenvalue weighted by Crippen LogP contribution is 2.41. The molecule has 1 aliphatic rings. The van der Waals surface area contributed by atoms with Crippen LogP contribution in [0.25, 0.3) is 33.2 Å². The molecule has 0 heterocycles. The lowest BCUT2D eigenvalue weighted by Gasteiger charge is -2.10. The molecule has 1 aliphatic carbocycles. The van der Waals surface area contributed by atoms with Gasteiger partial charge in [-0.05, 0) is 62.0 Å². The zero-order valence-corrected chi connectivity index (χ0v) is 12.5. The molecule has 0 amide bonds. The molecule has 5 rings (SSSR count). The predicted octanol–water partition coefficient (Wildman–Crippen LogP) is 5.60. The maximum Gasteiger partial charge on any atom is 0.116 e. The fourth-order valence-corrected chi connectivity index (χ4v) is 3.68. The van der Waals surface area contributed by atoms with E-state index in [1.807, 2.05) is 18.2 Å². The summed E-state index contributed by atoms with van der Waals surface area (Å²) in [6, 6.07) is 24.8. The quantitative estimate of drug-likeness (QED) is 0.426. The average Bonchev–Trinajstić information content (AvgIpc) is 2.95. The Morgan fingerprint density at radius 2 is 1.39 bits per heavy atom. The van der Waals surface area contributed by atoms with Crippen molar-refractivity contribution in [2.75, 3.05) is 0 Å². The van der Waals surface area contributed by atoms with Crippen LogP contribution in [0.2, 0.25) is 0 Å². The average molecular weight is 294 g/mol. The molecule has 0 atom stereocenters. The molecule has 4 aromatic carbocycles. The van der Waals surface area contributed by atoms with E-state index in [-0.39, 0.29) is 0 Å². The third kappa shape index (κ3) is 1.74. The third-order valence-electron chi connectivity index (χ3n) is 4.68. The van der Waals surface area contributed by atoms with Crippen LogP contribution in [0.4, 0.5) is 0 Å². The minimum Gasteiger partial charge on any atom is -0.508 e. The summed E-state index contributed by atoms with van der Waals surface area (Å²) in [5, 5.41) is 14.6. The van der Waals surface area contributed by atoms with Crippen LogP contribution in [0, 0.1) is 0 Å². The van der Waals surface area contributed by atoms with Gasteiger partial charge in [0.25, 0.3) is 0 Å². The maximum absolute atomic E-state index is 9.74. The van der Waals surface area contributed by atoms with Crippen molar-refractivity contribution >= 4 is 33.2 Å². The molecule has 1 heteroatoms. The van der Waals surface area contributed by atoms with Crippen molar-refractivity contribution in [3.8, 4) is 5.75 Å². The van der Waals surface area contributed by atoms with E-state index in [0.717, 1.165) is 5.39 Å². The monoisotopic (exact) mass is 294 g/mol. The second kappa shape index (κ2) is 4.47. The third-order valence-corrected chi connectivity index (χ3v) is 4.68. The van der Waals surface area contributed by atoms with Crippen molar-refractivity contribution in [1.29, 1.82) is 0 Å². The van der Waals surface area contributed by atoms with Crippen molar-refractivity contribution in [2.24, 2.45) is 0 Å². The second-order valence-electron chi connectivity index (χ2n) is 6.02. The maximum atomic E-state index is 9.74. The molecule has 108 valence electrons. The molecule has 0 aromatic heterocycles. The number of hydrogen-bond donors (Lipinski definition) is 1. The van der Waals surface area contributed by atoms with Gasteiger partial charge in [-0.3, -0.25) is 0 Å². The minimum atomic E-state index is 0.306. The molecule has 0 aliphatic heterocycles. The fraction of sp³-hybridized carbons (Fsp3) is 0. The summed E-state index contributed by atoms with van der Waals surface area (Å²) >= 11 is 0. The molecule has 0 unspecified atom stereocenters. The number of phenols is 1. The van der Waals surface area contributed by atoms with Gasteiger partial charge in [-0.2, -0.15) is 0 Å². The SMILES string of the molecule is Oc1ccc2c(C3=Cc4cccc5cccc3c45)cccc2c1. The molecule has 1 N–H and O–H groups in total. The summed E-state index contributed by atoms with van der Waals surface area (Å²) in [5.41, 5.74) is 5.04. The first-order chi connectivity index (χ1) is 11.3. The standard InChI is InChI=1S/C22H14O/c23-17-10-11-18-15(12-17)6-3-8-19(18)21-13-16-7-1-4-14-5-2-9-20(21)22(14)16/h1-13,23H. The highest BCUT2D eigenvalue weighted by Gasteiger charge is 2.18. The second-order valence-corrected chi connectivity index (χ2v) is 6.02. The Bertz CT molecular complexity index is 1110. The Hall–Kier alpha value is -3.06. The Kier molecular flexibility index (Phi) is 2.42. The molecule has 0 radical (unpaired) electrons. The topological polar surface area (TPSA) is 20.2 Å². The molecule has 0 fully saturated rings. The van der Waals surface area contributed by atoms with Gasteiger partial charge in [0, 0.05) is 0 Å². The lowest BCUT2D eigenvalue weighted by molar-refractivity contribution is 0.476. The number of aromatic hydroxyl groups is 1. The van der Waals surface area contributed by atoms with E-state index in [2.05, 4.69) is 54.6 Å². The number of fused-ring (bicyclic) bond motifs is 1. The summed E-state index contributed by atoms with van der Waals surface area (Å²) < 4.78 is 0. The Morgan fingerprint density at radius 1 is 0.652 bits per heavy atom. The Morgan fingerprint density at radius 3 is 2.26 bits per heavy atom. The highest BCUT2D eigenvalue weighted by atomic mass is 16.3. The molecular weight excluding hydrogens is 280 g/mol. The van der Waals surface area contributed by atoms with Gasteiger partial charge in [0.2, 0.25) is 0 Å². The normalized spacial score (nSPS) is 12.8. The van der Waals surface area contributed by atoms with Gasteiger partial charge in [0.05, 0.1) is 0 Å². The van der Waals surface area contributed by atoms with Crippen molar-refractivity contribution in [3.05, 3.63) is 89.5 Å². The van der Waals surface area contributed by atoms with Crippen molar-refractivity contribution in [1.82, 2.24) is 0 Å². The molecule has 1 nitrogen and oxygen atoms in total. The fourth-order valence-electron chi connectivity index (χ4n) is 3.68. The molecule has 0 bridgehead atoms. The number of benzene rings is 4. The van der Waals surface area contributed by atoms with Gasteiger partial charge in [-0.1, -0.05) is 60.7 Å². The summed E-state index contributed by atoms with van der Waals surface area (Å²) in [7, 11) is 0. The van der Waals surface area contributed by atoms with Crippen LogP contribution in [0.3, 0.4) is 0 Å². The summed E-state index contributed by atoms with van der Waals surface area (Å²) in [5.74, 6) is 0.306. The smallest absolute Gasteiger partial charge is 0.116 e. The van der Waals surface area contributed by atoms with Crippen LogP contribution < -0.4 is 0 Å². The van der Waals surface area contributed by atoms with Gasteiger partial charge in [0.1, 0.15) is 5.75 Å². The Labute approximate surface area is 134 Å². The highest BCUT2D eigenvalue weighted by molar-refractivity contribution is 6.15. The minimum absolute atomic E-state index is 0.306. The molecule has 0 spiro atoms. The van der Waals surface area contributed by atoms with E-state index < -0.39 is 0 Å². The van der Waals surface area contributed by atoms with E-state index >= 15 is 0 Å². The van der Waals surface area contributed by atoms with Crippen molar-refractivity contribution in [3.63, 3.8) is 0 Å². The van der Waals surface area contributed by atoms with Gasteiger partial charge in [0.15, 0.2) is 0 Å². The lowest BCUT2D eigenvalue weighted by Crippen LogP contribution is -1.87. The van der Waals surface area contributed by atoms with Crippen molar-refractivity contribution < 1.29 is 5.11 Å². The van der Waals surface area contributed by atoms with E-state index in [1.54, 1.807) is 6.07 Å². The predicted molar refractivity (Wildman–Crippen MR) is 96.5 cm³/mol. The number of rotatable bonds is 1. The number of hydrogen-bond acceptors (Lipinski definition) is 1. The van der Waals surface area contributed by atoms with Gasteiger partial charge in [-0.15, -0.1) is 0 Å². The van der Waals surface area contributed by atoms with Crippen LogP contribution in [0.1, 0.15) is 16.7 Å². The van der Waals surface area contributed by atoms with Crippen molar-refractivity contribution in [2.45, 2.75) is 0 Å². The summed E-state index contributed by atoms with van der Waals surface area (Å²) in [6.07, 6.45) is 2.28.